The summed E-state index contributed by atoms with van der Waals surface area (Å²) in [6.45, 7) is 1.47. The van der Waals surface area contributed by atoms with Crippen LogP contribution in [0.25, 0.3) is 6.08 Å². The summed E-state index contributed by atoms with van der Waals surface area (Å²) in [5.74, 6) is -1.27. The summed E-state index contributed by atoms with van der Waals surface area (Å²) in [6.07, 6.45) is 1.41. The minimum Gasteiger partial charge on any atom is -0.482 e. The van der Waals surface area contributed by atoms with Gasteiger partial charge in [-0.2, -0.15) is 5.26 Å². The van der Waals surface area contributed by atoms with Gasteiger partial charge in [-0.1, -0.05) is 29.8 Å². The number of rotatable bonds is 6. The third-order valence-electron chi connectivity index (χ3n) is 3.21. The number of hydrogen-bond donors (Lipinski definition) is 2. The normalized spacial score (nSPS) is 10.6. The van der Waals surface area contributed by atoms with Gasteiger partial charge in [0.25, 0.3) is 5.91 Å². The van der Waals surface area contributed by atoms with E-state index in [9.17, 15) is 14.9 Å². The molecule has 0 unspecified atom stereocenters. The lowest BCUT2D eigenvalue weighted by molar-refractivity contribution is -0.139. The number of nitrogens with one attached hydrogen (secondary N) is 1. The number of carboxylic acids is 1. The quantitative estimate of drug-likeness (QED) is 0.624. The number of amides is 1. The molecular formula is C19H16N2O4. The average Bonchev–Trinajstić information content (AvgIpc) is 2.60. The largest absolute Gasteiger partial charge is 0.482 e. The van der Waals surface area contributed by atoms with Crippen molar-refractivity contribution in [3.8, 4) is 11.8 Å². The predicted molar refractivity (Wildman–Crippen MR) is 93.0 cm³/mol. The van der Waals surface area contributed by atoms with Gasteiger partial charge >= 0.3 is 5.97 Å². The van der Waals surface area contributed by atoms with Gasteiger partial charge in [0.15, 0.2) is 6.61 Å². The van der Waals surface area contributed by atoms with Crippen LogP contribution in [0.2, 0.25) is 0 Å². The van der Waals surface area contributed by atoms with Crippen LogP contribution < -0.4 is 10.1 Å². The molecule has 0 heterocycles. The van der Waals surface area contributed by atoms with E-state index in [1.807, 2.05) is 25.1 Å². The molecule has 0 saturated carbocycles. The molecular weight excluding hydrogens is 320 g/mol. The maximum Gasteiger partial charge on any atom is 0.341 e. The van der Waals surface area contributed by atoms with Gasteiger partial charge in [-0.15, -0.1) is 0 Å². The van der Waals surface area contributed by atoms with Crippen LogP contribution in [0.5, 0.6) is 5.75 Å². The van der Waals surface area contributed by atoms with E-state index in [-0.39, 0.29) is 5.57 Å². The Kier molecular flexibility index (Phi) is 5.91. The maximum absolute atomic E-state index is 12.2. The van der Waals surface area contributed by atoms with Gasteiger partial charge < -0.3 is 15.2 Å². The number of hydrogen-bond acceptors (Lipinski definition) is 4. The van der Waals surface area contributed by atoms with E-state index >= 15 is 0 Å². The average molecular weight is 336 g/mol. The second-order valence-electron chi connectivity index (χ2n) is 5.24. The first-order valence-corrected chi connectivity index (χ1v) is 7.42. The van der Waals surface area contributed by atoms with Crippen LogP contribution in [0.4, 0.5) is 5.69 Å². The van der Waals surface area contributed by atoms with E-state index in [0.717, 1.165) is 5.56 Å². The molecule has 0 radical (unpaired) electrons. The Hall–Kier alpha value is -3.59. The SMILES string of the molecule is Cc1ccc(NC(=O)/C(C#N)=C/c2cccc(OCC(=O)O)c2)cc1. The minimum atomic E-state index is -1.09. The molecule has 2 N–H and O–H groups in total. The molecule has 0 fully saturated rings. The van der Waals surface area contributed by atoms with Gasteiger partial charge in [-0.25, -0.2) is 4.79 Å². The molecule has 1 amide bonds. The van der Waals surface area contributed by atoms with Crippen LogP contribution in [0.15, 0.2) is 54.1 Å². The summed E-state index contributed by atoms with van der Waals surface area (Å²) in [4.78, 5) is 22.8. The Bertz CT molecular complexity index is 848. The molecule has 0 spiro atoms. The molecule has 25 heavy (non-hydrogen) atoms. The van der Waals surface area contributed by atoms with E-state index in [2.05, 4.69) is 5.32 Å². The summed E-state index contributed by atoms with van der Waals surface area (Å²) < 4.78 is 5.08. The van der Waals surface area contributed by atoms with Crippen LogP contribution in [-0.4, -0.2) is 23.6 Å². The van der Waals surface area contributed by atoms with Crippen LogP contribution in [-0.2, 0) is 9.59 Å². The van der Waals surface area contributed by atoms with Crippen molar-refractivity contribution in [2.45, 2.75) is 6.92 Å². The Labute approximate surface area is 145 Å². The highest BCUT2D eigenvalue weighted by atomic mass is 16.5. The molecule has 0 saturated heterocycles. The monoisotopic (exact) mass is 336 g/mol. The Morgan fingerprint density at radius 1 is 1.24 bits per heavy atom. The number of nitrogens with zero attached hydrogens (tertiary/aromatic N) is 1. The van der Waals surface area contributed by atoms with E-state index < -0.39 is 18.5 Å². The summed E-state index contributed by atoms with van der Waals surface area (Å²) >= 11 is 0. The number of carboxylic acid groups (broad SMARTS) is 1. The van der Waals surface area contributed by atoms with Crippen molar-refractivity contribution in [2.24, 2.45) is 0 Å². The van der Waals surface area contributed by atoms with Crippen molar-refractivity contribution in [2.75, 3.05) is 11.9 Å². The molecule has 0 aliphatic rings. The lowest BCUT2D eigenvalue weighted by Crippen LogP contribution is -2.13. The number of benzene rings is 2. The Morgan fingerprint density at radius 2 is 1.96 bits per heavy atom. The summed E-state index contributed by atoms with van der Waals surface area (Å²) in [7, 11) is 0. The third-order valence-corrected chi connectivity index (χ3v) is 3.21. The number of nitriles is 1. The number of aliphatic carboxylic acids is 1. The van der Waals surface area contributed by atoms with E-state index in [0.29, 0.717) is 17.0 Å². The number of anilines is 1. The zero-order valence-electron chi connectivity index (χ0n) is 13.5. The third kappa shape index (κ3) is 5.52. The van der Waals surface area contributed by atoms with Gasteiger partial charge in [0, 0.05) is 5.69 Å². The summed E-state index contributed by atoms with van der Waals surface area (Å²) in [6, 6.07) is 15.6. The van der Waals surface area contributed by atoms with E-state index in [1.165, 1.54) is 6.08 Å². The molecule has 6 heteroatoms. The number of ether oxygens (including phenoxy) is 1. The lowest BCUT2D eigenvalue weighted by atomic mass is 10.1. The smallest absolute Gasteiger partial charge is 0.341 e. The molecule has 0 aliphatic heterocycles. The molecule has 2 aromatic rings. The van der Waals surface area contributed by atoms with Gasteiger partial charge in [0.05, 0.1) is 0 Å². The molecule has 0 atom stereocenters. The van der Waals surface area contributed by atoms with Crippen molar-refractivity contribution in [1.29, 1.82) is 5.26 Å². The van der Waals surface area contributed by atoms with Gasteiger partial charge in [0.2, 0.25) is 0 Å². The Balaban J connectivity index is 2.14. The van der Waals surface area contributed by atoms with Crippen molar-refractivity contribution in [3.05, 3.63) is 65.2 Å². The number of aryl methyl sites for hydroxylation is 1. The van der Waals surface area contributed by atoms with Crippen molar-refractivity contribution in [3.63, 3.8) is 0 Å². The van der Waals surface area contributed by atoms with Crippen LogP contribution in [0.1, 0.15) is 11.1 Å². The summed E-state index contributed by atoms with van der Waals surface area (Å²) in [5, 5.41) is 20.5. The fourth-order valence-corrected chi connectivity index (χ4v) is 1.99. The lowest BCUT2D eigenvalue weighted by Gasteiger charge is -2.06. The van der Waals surface area contributed by atoms with Gasteiger partial charge in [-0.3, -0.25) is 4.79 Å². The highest BCUT2D eigenvalue weighted by molar-refractivity contribution is 6.09. The topological polar surface area (TPSA) is 99.4 Å². The molecule has 2 rings (SSSR count). The maximum atomic E-state index is 12.2. The van der Waals surface area contributed by atoms with Crippen molar-refractivity contribution < 1.29 is 19.4 Å². The van der Waals surface area contributed by atoms with Crippen LogP contribution >= 0.6 is 0 Å². The first-order chi connectivity index (χ1) is 12.0. The van der Waals surface area contributed by atoms with E-state index in [1.54, 1.807) is 36.4 Å². The predicted octanol–water partition coefficient (Wildman–Crippen LogP) is 3.00. The van der Waals surface area contributed by atoms with Crippen molar-refractivity contribution in [1.82, 2.24) is 0 Å². The highest BCUT2D eigenvalue weighted by Gasteiger charge is 2.10. The van der Waals surface area contributed by atoms with Crippen molar-refractivity contribution >= 4 is 23.6 Å². The highest BCUT2D eigenvalue weighted by Crippen LogP contribution is 2.17. The van der Waals surface area contributed by atoms with Crippen LogP contribution in [0.3, 0.4) is 0 Å². The Morgan fingerprint density at radius 3 is 2.60 bits per heavy atom. The van der Waals surface area contributed by atoms with Crippen LogP contribution in [0, 0.1) is 18.3 Å². The van der Waals surface area contributed by atoms with Gasteiger partial charge in [0.1, 0.15) is 17.4 Å². The number of carbonyl (C=O) groups is 2. The summed E-state index contributed by atoms with van der Waals surface area (Å²) in [5.41, 5.74) is 2.14. The standard InChI is InChI=1S/C19H16N2O4/c1-13-5-7-16(8-6-13)21-19(24)15(11-20)9-14-3-2-4-17(10-14)25-12-18(22)23/h2-10H,12H2,1H3,(H,21,24)(H,22,23)/b15-9+. The number of carbonyl (C=O) groups excluding carboxylic acids is 1. The second kappa shape index (κ2) is 8.31. The fourth-order valence-electron chi connectivity index (χ4n) is 1.99. The fraction of sp³-hybridized carbons (Fsp3) is 0.105. The zero-order valence-corrected chi connectivity index (χ0v) is 13.5. The first-order valence-electron chi connectivity index (χ1n) is 7.42. The molecule has 6 nitrogen and oxygen atoms in total. The van der Waals surface area contributed by atoms with E-state index in [4.69, 9.17) is 9.84 Å². The van der Waals surface area contributed by atoms with Gasteiger partial charge in [-0.05, 0) is 42.8 Å². The zero-order chi connectivity index (χ0) is 18.2. The molecule has 126 valence electrons. The molecule has 0 aliphatic carbocycles. The first kappa shape index (κ1) is 17.8. The minimum absolute atomic E-state index is 0.0732. The molecule has 0 bridgehead atoms. The molecule has 0 aromatic heterocycles. The molecule has 2 aromatic carbocycles. The second-order valence-corrected chi connectivity index (χ2v) is 5.24.